The number of piperazine rings is 1. The average Bonchev–Trinajstić information content (AvgIpc) is 2.48. The number of nitrogens with one attached hydrogen (secondary N) is 1. The van der Waals surface area contributed by atoms with Crippen molar-refractivity contribution in [1.82, 2.24) is 10.2 Å². The van der Waals surface area contributed by atoms with Gasteiger partial charge in [-0.05, 0) is 24.1 Å². The van der Waals surface area contributed by atoms with Crippen LogP contribution >= 0.6 is 0 Å². The highest BCUT2D eigenvalue weighted by molar-refractivity contribution is 5.79. The van der Waals surface area contributed by atoms with Crippen LogP contribution < -0.4 is 10.2 Å². The molecule has 0 aromatic heterocycles. The molecule has 110 valence electrons. The van der Waals surface area contributed by atoms with Gasteiger partial charge in [0.2, 0.25) is 5.91 Å². The third-order valence-electron chi connectivity index (χ3n) is 3.84. The third-order valence-corrected chi connectivity index (χ3v) is 3.84. The van der Waals surface area contributed by atoms with Crippen LogP contribution in [-0.4, -0.2) is 51.1 Å². The lowest BCUT2D eigenvalue weighted by Gasteiger charge is -2.29. The predicted molar refractivity (Wildman–Crippen MR) is 83.1 cm³/mol. The summed E-state index contributed by atoms with van der Waals surface area (Å²) < 4.78 is 0. The Kier molecular flexibility index (Phi) is 5.01. The molecule has 0 spiro atoms. The van der Waals surface area contributed by atoms with Crippen LogP contribution in [0.15, 0.2) is 24.3 Å². The molecule has 20 heavy (non-hydrogen) atoms. The lowest BCUT2D eigenvalue weighted by molar-refractivity contribution is -0.135. The lowest BCUT2D eigenvalue weighted by atomic mass is 9.99. The first-order valence-electron chi connectivity index (χ1n) is 7.33. The predicted octanol–water partition coefficient (Wildman–Crippen LogP) is 1.36. The summed E-state index contributed by atoms with van der Waals surface area (Å²) in [5.41, 5.74) is 2.42. The molecule has 0 aliphatic carbocycles. The fourth-order valence-electron chi connectivity index (χ4n) is 2.57. The molecule has 1 saturated heterocycles. The van der Waals surface area contributed by atoms with E-state index in [0.717, 1.165) is 32.6 Å². The summed E-state index contributed by atoms with van der Waals surface area (Å²) in [6.07, 6.45) is 0.816. The van der Waals surface area contributed by atoms with Gasteiger partial charge in [-0.2, -0.15) is 0 Å². The Morgan fingerprint density at radius 1 is 1.25 bits per heavy atom. The van der Waals surface area contributed by atoms with Crippen molar-refractivity contribution in [1.29, 1.82) is 0 Å². The largest absolute Gasteiger partial charge is 0.378 e. The second-order valence-corrected chi connectivity index (χ2v) is 5.74. The highest BCUT2D eigenvalue weighted by atomic mass is 16.2. The van der Waals surface area contributed by atoms with Crippen molar-refractivity contribution in [2.75, 3.05) is 45.2 Å². The molecule has 4 nitrogen and oxygen atoms in total. The van der Waals surface area contributed by atoms with Gasteiger partial charge in [-0.3, -0.25) is 4.79 Å². The van der Waals surface area contributed by atoms with E-state index in [2.05, 4.69) is 34.5 Å². The van der Waals surface area contributed by atoms with E-state index in [-0.39, 0.29) is 11.8 Å². The van der Waals surface area contributed by atoms with Crippen LogP contribution in [0.4, 0.5) is 5.69 Å². The number of benzene rings is 1. The van der Waals surface area contributed by atoms with E-state index in [4.69, 9.17) is 0 Å². The van der Waals surface area contributed by atoms with Crippen molar-refractivity contribution in [2.24, 2.45) is 5.92 Å². The van der Waals surface area contributed by atoms with Crippen LogP contribution in [-0.2, 0) is 11.2 Å². The smallest absolute Gasteiger partial charge is 0.225 e. The topological polar surface area (TPSA) is 35.6 Å². The molecule has 1 unspecified atom stereocenters. The molecule has 4 heteroatoms. The molecular formula is C16H25N3O. The van der Waals surface area contributed by atoms with Gasteiger partial charge in [0.05, 0.1) is 0 Å². The average molecular weight is 275 g/mol. The van der Waals surface area contributed by atoms with Crippen molar-refractivity contribution >= 4 is 11.6 Å². The fraction of sp³-hybridized carbons (Fsp3) is 0.562. The monoisotopic (exact) mass is 275 g/mol. The Labute approximate surface area is 121 Å². The zero-order chi connectivity index (χ0) is 14.5. The SMILES string of the molecule is CC(Cc1ccc(N(C)C)cc1)C(=O)N1CCNCC1. The number of nitrogens with zero attached hydrogens (tertiary/aromatic N) is 2. The highest BCUT2D eigenvalue weighted by Gasteiger charge is 2.21. The first kappa shape index (κ1) is 14.9. The van der Waals surface area contributed by atoms with Gasteiger partial charge in [0, 0.05) is 51.9 Å². The Bertz CT molecular complexity index is 436. The molecule has 0 radical (unpaired) electrons. The van der Waals surface area contributed by atoms with E-state index in [0.29, 0.717) is 0 Å². The number of carbonyl (C=O) groups excluding carboxylic acids is 1. The minimum Gasteiger partial charge on any atom is -0.378 e. The van der Waals surface area contributed by atoms with E-state index in [9.17, 15) is 4.79 Å². The fourth-order valence-corrected chi connectivity index (χ4v) is 2.57. The number of amides is 1. The molecule has 1 atom stereocenters. The van der Waals surface area contributed by atoms with Crippen LogP contribution in [0.1, 0.15) is 12.5 Å². The molecule has 0 bridgehead atoms. The zero-order valence-electron chi connectivity index (χ0n) is 12.7. The lowest BCUT2D eigenvalue weighted by Crippen LogP contribution is -2.48. The first-order valence-corrected chi connectivity index (χ1v) is 7.33. The molecule has 1 fully saturated rings. The van der Waals surface area contributed by atoms with E-state index >= 15 is 0 Å². The normalized spacial score (nSPS) is 16.9. The molecule has 1 N–H and O–H groups in total. The summed E-state index contributed by atoms with van der Waals surface area (Å²) in [5.74, 6) is 0.335. The van der Waals surface area contributed by atoms with Crippen molar-refractivity contribution < 1.29 is 4.79 Å². The molecule has 1 aliphatic heterocycles. The first-order chi connectivity index (χ1) is 9.58. The maximum Gasteiger partial charge on any atom is 0.225 e. The van der Waals surface area contributed by atoms with E-state index < -0.39 is 0 Å². The van der Waals surface area contributed by atoms with Crippen molar-refractivity contribution in [3.8, 4) is 0 Å². The van der Waals surface area contributed by atoms with Crippen LogP contribution in [0, 0.1) is 5.92 Å². The number of rotatable bonds is 4. The Morgan fingerprint density at radius 2 is 1.85 bits per heavy atom. The van der Waals surface area contributed by atoms with Crippen LogP contribution in [0.2, 0.25) is 0 Å². The van der Waals surface area contributed by atoms with Gasteiger partial charge in [0.25, 0.3) is 0 Å². The quantitative estimate of drug-likeness (QED) is 0.901. The summed E-state index contributed by atoms with van der Waals surface area (Å²) in [4.78, 5) is 16.4. The Hall–Kier alpha value is -1.55. The van der Waals surface area contributed by atoms with Crippen molar-refractivity contribution in [3.05, 3.63) is 29.8 Å². The van der Waals surface area contributed by atoms with Crippen LogP contribution in [0.25, 0.3) is 0 Å². The maximum absolute atomic E-state index is 12.4. The summed E-state index contributed by atoms with van der Waals surface area (Å²) in [7, 11) is 4.07. The molecular weight excluding hydrogens is 250 g/mol. The van der Waals surface area contributed by atoms with Gasteiger partial charge in [-0.1, -0.05) is 19.1 Å². The summed E-state index contributed by atoms with van der Waals surface area (Å²) in [6, 6.07) is 8.46. The second-order valence-electron chi connectivity index (χ2n) is 5.74. The Morgan fingerprint density at radius 3 is 2.40 bits per heavy atom. The van der Waals surface area contributed by atoms with Crippen molar-refractivity contribution in [3.63, 3.8) is 0 Å². The molecule has 1 amide bonds. The van der Waals surface area contributed by atoms with E-state index in [1.54, 1.807) is 0 Å². The molecule has 2 rings (SSSR count). The Balaban J connectivity index is 1.92. The standard InChI is InChI=1S/C16H25N3O/c1-13(16(20)19-10-8-17-9-11-19)12-14-4-6-15(7-5-14)18(2)3/h4-7,13,17H,8-12H2,1-3H3. The van der Waals surface area contributed by atoms with Crippen LogP contribution in [0.3, 0.4) is 0 Å². The molecule has 1 aromatic carbocycles. The summed E-state index contributed by atoms with van der Waals surface area (Å²) in [5, 5.41) is 3.28. The molecule has 1 aromatic rings. The summed E-state index contributed by atoms with van der Waals surface area (Å²) in [6.45, 7) is 5.53. The zero-order valence-corrected chi connectivity index (χ0v) is 12.7. The van der Waals surface area contributed by atoms with E-state index in [1.807, 2.05) is 25.9 Å². The number of anilines is 1. The number of carbonyl (C=O) groups is 1. The second kappa shape index (κ2) is 6.75. The molecule has 0 saturated carbocycles. The minimum absolute atomic E-state index is 0.0540. The van der Waals surface area contributed by atoms with E-state index in [1.165, 1.54) is 11.3 Å². The summed E-state index contributed by atoms with van der Waals surface area (Å²) >= 11 is 0. The molecule has 1 aliphatic rings. The minimum atomic E-state index is 0.0540. The van der Waals surface area contributed by atoms with Gasteiger partial charge in [-0.25, -0.2) is 0 Å². The van der Waals surface area contributed by atoms with Crippen molar-refractivity contribution in [2.45, 2.75) is 13.3 Å². The number of hydrogen-bond donors (Lipinski definition) is 1. The highest BCUT2D eigenvalue weighted by Crippen LogP contribution is 2.16. The third kappa shape index (κ3) is 3.73. The maximum atomic E-state index is 12.4. The molecule has 1 heterocycles. The van der Waals surface area contributed by atoms with Gasteiger partial charge < -0.3 is 15.1 Å². The van der Waals surface area contributed by atoms with Gasteiger partial charge in [0.15, 0.2) is 0 Å². The van der Waals surface area contributed by atoms with Gasteiger partial charge >= 0.3 is 0 Å². The van der Waals surface area contributed by atoms with Gasteiger partial charge in [-0.15, -0.1) is 0 Å². The van der Waals surface area contributed by atoms with Crippen LogP contribution in [0.5, 0.6) is 0 Å². The van der Waals surface area contributed by atoms with Gasteiger partial charge in [0.1, 0.15) is 0 Å². The number of hydrogen-bond acceptors (Lipinski definition) is 3.